The lowest BCUT2D eigenvalue weighted by atomic mass is 10.1. The number of aliphatic imine (C=N–C) groups is 1. The summed E-state index contributed by atoms with van der Waals surface area (Å²) in [5.41, 5.74) is 1.41. The second-order valence-electron chi connectivity index (χ2n) is 6.27. The third kappa shape index (κ3) is 3.78. The number of nitrogens with zero attached hydrogens (tertiary/aromatic N) is 1. The minimum atomic E-state index is 0.545. The molecular formula is C17H24N2S. The van der Waals surface area contributed by atoms with E-state index in [0.717, 1.165) is 30.6 Å². The first-order valence-corrected chi connectivity index (χ1v) is 8.76. The maximum atomic E-state index is 4.80. The molecule has 1 aromatic carbocycles. The monoisotopic (exact) mass is 288 g/mol. The van der Waals surface area contributed by atoms with Gasteiger partial charge < -0.3 is 5.32 Å². The van der Waals surface area contributed by atoms with E-state index in [-0.39, 0.29) is 0 Å². The van der Waals surface area contributed by atoms with Crippen LogP contribution in [0.1, 0.15) is 31.7 Å². The molecule has 2 nitrogen and oxygen atoms in total. The van der Waals surface area contributed by atoms with E-state index in [9.17, 15) is 0 Å². The van der Waals surface area contributed by atoms with Gasteiger partial charge in [-0.05, 0) is 36.7 Å². The number of benzene rings is 1. The first kappa shape index (κ1) is 14.0. The SMILES string of the molecule is CC1CCC(CN=C2NC(Cc3ccccc3)CS2)C1. The van der Waals surface area contributed by atoms with Gasteiger partial charge in [0, 0.05) is 18.3 Å². The number of amidine groups is 1. The zero-order valence-electron chi connectivity index (χ0n) is 12.2. The molecular weight excluding hydrogens is 264 g/mol. The van der Waals surface area contributed by atoms with Gasteiger partial charge in [-0.1, -0.05) is 55.4 Å². The van der Waals surface area contributed by atoms with Crippen molar-refractivity contribution in [1.29, 1.82) is 0 Å². The number of thioether (sulfide) groups is 1. The molecule has 3 heteroatoms. The van der Waals surface area contributed by atoms with Crippen LogP contribution in [0.25, 0.3) is 0 Å². The molecule has 1 saturated carbocycles. The van der Waals surface area contributed by atoms with Crippen LogP contribution in [-0.4, -0.2) is 23.5 Å². The van der Waals surface area contributed by atoms with Crippen LogP contribution in [-0.2, 0) is 6.42 Å². The number of nitrogens with one attached hydrogen (secondary N) is 1. The van der Waals surface area contributed by atoms with Crippen molar-refractivity contribution in [2.45, 2.75) is 38.6 Å². The van der Waals surface area contributed by atoms with Gasteiger partial charge in [0.15, 0.2) is 5.17 Å². The zero-order chi connectivity index (χ0) is 13.8. The normalized spacial score (nSPS) is 31.6. The van der Waals surface area contributed by atoms with Crippen molar-refractivity contribution in [3.8, 4) is 0 Å². The lowest BCUT2D eigenvalue weighted by Crippen LogP contribution is -2.29. The third-order valence-electron chi connectivity index (χ3n) is 4.37. The van der Waals surface area contributed by atoms with Gasteiger partial charge in [0.2, 0.25) is 0 Å². The Morgan fingerprint density at radius 1 is 1.25 bits per heavy atom. The summed E-state index contributed by atoms with van der Waals surface area (Å²) in [6.07, 6.45) is 5.24. The van der Waals surface area contributed by atoms with E-state index in [4.69, 9.17) is 4.99 Å². The summed E-state index contributed by atoms with van der Waals surface area (Å²) in [5, 5.41) is 4.76. The number of hydrogen-bond acceptors (Lipinski definition) is 2. The molecule has 108 valence electrons. The predicted octanol–water partition coefficient (Wildman–Crippen LogP) is 3.73. The molecule has 1 heterocycles. The van der Waals surface area contributed by atoms with Gasteiger partial charge in [-0.3, -0.25) is 4.99 Å². The fourth-order valence-electron chi connectivity index (χ4n) is 3.24. The van der Waals surface area contributed by atoms with Crippen LogP contribution < -0.4 is 5.32 Å². The van der Waals surface area contributed by atoms with Crippen molar-refractivity contribution < 1.29 is 0 Å². The van der Waals surface area contributed by atoms with Crippen LogP contribution in [0.2, 0.25) is 0 Å². The van der Waals surface area contributed by atoms with E-state index in [1.165, 1.54) is 30.0 Å². The zero-order valence-corrected chi connectivity index (χ0v) is 13.0. The maximum Gasteiger partial charge on any atom is 0.156 e. The molecule has 0 amide bonds. The highest BCUT2D eigenvalue weighted by Gasteiger charge is 2.23. The molecule has 0 bridgehead atoms. The molecule has 1 aliphatic heterocycles. The summed E-state index contributed by atoms with van der Waals surface area (Å²) < 4.78 is 0. The Kier molecular flexibility index (Phi) is 4.66. The van der Waals surface area contributed by atoms with Crippen molar-refractivity contribution in [3.63, 3.8) is 0 Å². The topological polar surface area (TPSA) is 24.4 Å². The highest BCUT2D eigenvalue weighted by Crippen LogP contribution is 2.30. The van der Waals surface area contributed by atoms with E-state index in [1.807, 2.05) is 11.8 Å². The lowest BCUT2D eigenvalue weighted by Gasteiger charge is -2.10. The lowest BCUT2D eigenvalue weighted by molar-refractivity contribution is 0.525. The van der Waals surface area contributed by atoms with E-state index in [0.29, 0.717) is 6.04 Å². The summed E-state index contributed by atoms with van der Waals surface area (Å²) in [7, 11) is 0. The van der Waals surface area contributed by atoms with E-state index < -0.39 is 0 Å². The molecule has 0 spiro atoms. The summed E-state index contributed by atoms with van der Waals surface area (Å²) in [4.78, 5) is 4.80. The second-order valence-corrected chi connectivity index (χ2v) is 7.28. The molecule has 1 aromatic rings. The Morgan fingerprint density at radius 2 is 2.10 bits per heavy atom. The van der Waals surface area contributed by atoms with Crippen molar-refractivity contribution in [3.05, 3.63) is 35.9 Å². The standard InChI is InChI=1S/C17H24N2S/c1-13-7-8-15(9-13)11-18-17-19-16(12-20-17)10-14-5-3-2-4-6-14/h2-6,13,15-16H,7-12H2,1H3,(H,18,19). The fourth-order valence-corrected chi connectivity index (χ4v) is 4.22. The molecule has 0 aromatic heterocycles. The molecule has 0 radical (unpaired) electrons. The molecule has 1 aliphatic carbocycles. The van der Waals surface area contributed by atoms with Crippen LogP contribution in [0.4, 0.5) is 0 Å². The summed E-state index contributed by atoms with van der Waals surface area (Å²) in [6, 6.07) is 11.3. The summed E-state index contributed by atoms with van der Waals surface area (Å²) in [5.74, 6) is 2.89. The van der Waals surface area contributed by atoms with Gasteiger partial charge >= 0.3 is 0 Å². The van der Waals surface area contributed by atoms with E-state index in [1.54, 1.807) is 0 Å². The molecule has 20 heavy (non-hydrogen) atoms. The van der Waals surface area contributed by atoms with Crippen molar-refractivity contribution in [2.75, 3.05) is 12.3 Å². The molecule has 2 fully saturated rings. The Labute approximate surface area is 126 Å². The van der Waals surface area contributed by atoms with Gasteiger partial charge in [0.05, 0.1) is 0 Å². The number of rotatable bonds is 4. The highest BCUT2D eigenvalue weighted by molar-refractivity contribution is 8.14. The van der Waals surface area contributed by atoms with Crippen LogP contribution in [0.3, 0.4) is 0 Å². The Morgan fingerprint density at radius 3 is 2.85 bits per heavy atom. The van der Waals surface area contributed by atoms with Crippen LogP contribution in [0, 0.1) is 11.8 Å². The quantitative estimate of drug-likeness (QED) is 0.913. The van der Waals surface area contributed by atoms with E-state index >= 15 is 0 Å². The fraction of sp³-hybridized carbons (Fsp3) is 0.588. The van der Waals surface area contributed by atoms with Gasteiger partial charge in [-0.15, -0.1) is 0 Å². The average molecular weight is 288 g/mol. The predicted molar refractivity (Wildman–Crippen MR) is 88.3 cm³/mol. The van der Waals surface area contributed by atoms with Crippen LogP contribution in [0.15, 0.2) is 35.3 Å². The molecule has 1 saturated heterocycles. The summed E-state index contributed by atoms with van der Waals surface area (Å²) >= 11 is 1.89. The Bertz CT molecular complexity index is 457. The van der Waals surface area contributed by atoms with Crippen LogP contribution in [0.5, 0.6) is 0 Å². The Hall–Kier alpha value is -0.960. The molecule has 3 atom stereocenters. The first-order chi connectivity index (χ1) is 9.79. The number of hydrogen-bond donors (Lipinski definition) is 1. The first-order valence-electron chi connectivity index (χ1n) is 7.77. The van der Waals surface area contributed by atoms with Gasteiger partial charge in [0.1, 0.15) is 0 Å². The van der Waals surface area contributed by atoms with Crippen molar-refractivity contribution in [2.24, 2.45) is 16.8 Å². The minimum absolute atomic E-state index is 0.545. The van der Waals surface area contributed by atoms with Gasteiger partial charge in [-0.2, -0.15) is 0 Å². The smallest absolute Gasteiger partial charge is 0.156 e. The highest BCUT2D eigenvalue weighted by atomic mass is 32.2. The Balaban J connectivity index is 1.47. The van der Waals surface area contributed by atoms with Crippen molar-refractivity contribution >= 4 is 16.9 Å². The maximum absolute atomic E-state index is 4.80. The molecule has 3 rings (SSSR count). The van der Waals surface area contributed by atoms with E-state index in [2.05, 4.69) is 42.6 Å². The van der Waals surface area contributed by atoms with Gasteiger partial charge in [-0.25, -0.2) is 0 Å². The second kappa shape index (κ2) is 6.66. The van der Waals surface area contributed by atoms with Crippen molar-refractivity contribution in [1.82, 2.24) is 5.32 Å². The van der Waals surface area contributed by atoms with Gasteiger partial charge in [0.25, 0.3) is 0 Å². The summed E-state index contributed by atoms with van der Waals surface area (Å²) in [6.45, 7) is 3.39. The molecule has 3 unspecified atom stereocenters. The minimum Gasteiger partial charge on any atom is -0.361 e. The van der Waals surface area contributed by atoms with Crippen LogP contribution >= 0.6 is 11.8 Å². The largest absolute Gasteiger partial charge is 0.361 e. The molecule has 2 aliphatic rings. The average Bonchev–Trinajstić information content (AvgIpc) is 3.07. The third-order valence-corrected chi connectivity index (χ3v) is 5.46. The molecule has 1 N–H and O–H groups in total.